The third-order valence-electron chi connectivity index (χ3n) is 3.02. The summed E-state index contributed by atoms with van der Waals surface area (Å²) in [5.74, 6) is 0. The molecule has 0 atom stereocenters. The lowest BCUT2D eigenvalue weighted by atomic mass is 10.3. The number of hydrogen-bond donors (Lipinski definition) is 1. The topological polar surface area (TPSA) is 29.9 Å². The minimum atomic E-state index is 0.987. The third kappa shape index (κ3) is 3.09. The fraction of sp³-hybridized carbons (Fsp3) is 0.357. The Hall–Kier alpha value is -1.77. The molecule has 0 aliphatic rings. The number of aryl methyl sites for hydroxylation is 2. The van der Waals surface area contributed by atoms with Gasteiger partial charge < -0.3 is 9.88 Å². The zero-order chi connectivity index (χ0) is 12.1. The van der Waals surface area contributed by atoms with Gasteiger partial charge in [-0.1, -0.05) is 18.2 Å². The summed E-state index contributed by atoms with van der Waals surface area (Å²) in [6.45, 7) is 6.17. The summed E-state index contributed by atoms with van der Waals surface area (Å²) in [7, 11) is 0. The fourth-order valence-corrected chi connectivity index (χ4v) is 1.81. The fourth-order valence-electron chi connectivity index (χ4n) is 1.81. The van der Waals surface area contributed by atoms with E-state index in [1.807, 2.05) is 31.5 Å². The minimum absolute atomic E-state index is 0.987. The van der Waals surface area contributed by atoms with Crippen LogP contribution in [0.5, 0.6) is 0 Å². The van der Waals surface area contributed by atoms with Gasteiger partial charge in [0.15, 0.2) is 0 Å². The molecule has 0 unspecified atom stereocenters. The lowest BCUT2D eigenvalue weighted by Gasteiger charge is -2.08. The summed E-state index contributed by atoms with van der Waals surface area (Å²) in [6.07, 6.45) is 3.03. The maximum atomic E-state index is 4.30. The first kappa shape index (κ1) is 11.7. The predicted octanol–water partition coefficient (Wildman–Crippen LogP) is 3.00. The molecule has 90 valence electrons. The second-order valence-corrected chi connectivity index (χ2v) is 4.26. The van der Waals surface area contributed by atoms with Gasteiger partial charge in [-0.2, -0.15) is 0 Å². The van der Waals surface area contributed by atoms with Gasteiger partial charge in [0, 0.05) is 24.5 Å². The second-order valence-electron chi connectivity index (χ2n) is 4.26. The van der Waals surface area contributed by atoms with Crippen LogP contribution < -0.4 is 5.32 Å². The second kappa shape index (κ2) is 5.53. The van der Waals surface area contributed by atoms with Crippen molar-refractivity contribution in [2.75, 3.05) is 11.9 Å². The summed E-state index contributed by atoms with van der Waals surface area (Å²) < 4.78 is 2.21. The SMILES string of the molecule is Cc1ncn(CCCNc2ccccc2)c1C. The van der Waals surface area contributed by atoms with Crippen LogP contribution in [0, 0.1) is 13.8 Å². The molecule has 3 nitrogen and oxygen atoms in total. The number of anilines is 1. The van der Waals surface area contributed by atoms with E-state index < -0.39 is 0 Å². The normalized spacial score (nSPS) is 10.5. The molecule has 0 spiro atoms. The Morgan fingerprint density at radius 2 is 1.94 bits per heavy atom. The molecule has 0 aliphatic carbocycles. The summed E-state index contributed by atoms with van der Waals surface area (Å²) >= 11 is 0. The lowest BCUT2D eigenvalue weighted by Crippen LogP contribution is -2.07. The molecular formula is C14H19N3. The van der Waals surface area contributed by atoms with Crippen LogP contribution in [0.4, 0.5) is 5.69 Å². The summed E-state index contributed by atoms with van der Waals surface area (Å²) in [4.78, 5) is 4.30. The number of nitrogens with one attached hydrogen (secondary N) is 1. The zero-order valence-corrected chi connectivity index (χ0v) is 10.5. The van der Waals surface area contributed by atoms with Crippen molar-refractivity contribution >= 4 is 5.69 Å². The van der Waals surface area contributed by atoms with Crippen LogP contribution >= 0.6 is 0 Å². The van der Waals surface area contributed by atoms with Crippen molar-refractivity contribution in [3.05, 3.63) is 48.0 Å². The first-order chi connectivity index (χ1) is 8.27. The number of hydrogen-bond acceptors (Lipinski definition) is 2. The van der Waals surface area contributed by atoms with Crippen LogP contribution in [-0.4, -0.2) is 16.1 Å². The standard InChI is InChI=1S/C14H19N3/c1-12-13(2)17(11-16-12)10-6-9-15-14-7-4-3-5-8-14/h3-5,7-8,11,15H,6,9-10H2,1-2H3. The molecule has 0 bridgehead atoms. The highest BCUT2D eigenvalue weighted by atomic mass is 15.1. The average Bonchev–Trinajstić information content (AvgIpc) is 2.67. The van der Waals surface area contributed by atoms with Crippen molar-refractivity contribution in [1.29, 1.82) is 0 Å². The number of nitrogens with zero attached hydrogens (tertiary/aromatic N) is 2. The Kier molecular flexibility index (Phi) is 3.81. The Bertz CT molecular complexity index is 460. The van der Waals surface area contributed by atoms with Crippen molar-refractivity contribution in [3.8, 4) is 0 Å². The van der Waals surface area contributed by atoms with E-state index in [1.165, 1.54) is 11.4 Å². The Morgan fingerprint density at radius 3 is 2.59 bits per heavy atom. The van der Waals surface area contributed by atoms with E-state index in [-0.39, 0.29) is 0 Å². The van der Waals surface area contributed by atoms with Crippen LogP contribution in [0.1, 0.15) is 17.8 Å². The highest BCUT2D eigenvalue weighted by Gasteiger charge is 2.00. The van der Waals surface area contributed by atoms with Crippen molar-refractivity contribution < 1.29 is 0 Å². The first-order valence-electron chi connectivity index (χ1n) is 6.04. The number of para-hydroxylation sites is 1. The molecule has 2 rings (SSSR count). The molecule has 0 saturated heterocycles. The lowest BCUT2D eigenvalue weighted by molar-refractivity contribution is 0.645. The van der Waals surface area contributed by atoms with Gasteiger partial charge in [0.25, 0.3) is 0 Å². The van der Waals surface area contributed by atoms with Gasteiger partial charge >= 0.3 is 0 Å². The van der Waals surface area contributed by atoms with Gasteiger partial charge in [-0.05, 0) is 32.4 Å². The summed E-state index contributed by atoms with van der Waals surface area (Å²) in [5.41, 5.74) is 3.58. The van der Waals surface area contributed by atoms with Crippen molar-refractivity contribution in [1.82, 2.24) is 9.55 Å². The van der Waals surface area contributed by atoms with Gasteiger partial charge in [0.1, 0.15) is 0 Å². The van der Waals surface area contributed by atoms with Crippen LogP contribution in [0.3, 0.4) is 0 Å². The van der Waals surface area contributed by atoms with Gasteiger partial charge in [0.05, 0.1) is 12.0 Å². The molecule has 0 radical (unpaired) electrons. The van der Waals surface area contributed by atoms with E-state index in [2.05, 4.69) is 33.9 Å². The Balaban J connectivity index is 1.75. The third-order valence-corrected chi connectivity index (χ3v) is 3.02. The van der Waals surface area contributed by atoms with Gasteiger partial charge in [-0.25, -0.2) is 4.98 Å². The molecule has 1 N–H and O–H groups in total. The number of imidazole rings is 1. The number of benzene rings is 1. The number of aromatic nitrogens is 2. The van der Waals surface area contributed by atoms with Gasteiger partial charge in [-0.3, -0.25) is 0 Å². The molecule has 0 fully saturated rings. The molecule has 0 saturated carbocycles. The average molecular weight is 229 g/mol. The largest absolute Gasteiger partial charge is 0.385 e. The smallest absolute Gasteiger partial charge is 0.0951 e. The van der Waals surface area contributed by atoms with Crippen LogP contribution in [-0.2, 0) is 6.54 Å². The Morgan fingerprint density at radius 1 is 1.18 bits per heavy atom. The molecule has 3 heteroatoms. The molecule has 1 heterocycles. The summed E-state index contributed by atoms with van der Waals surface area (Å²) in [5, 5.41) is 3.41. The van der Waals surface area contributed by atoms with Crippen LogP contribution in [0.25, 0.3) is 0 Å². The molecular weight excluding hydrogens is 210 g/mol. The summed E-state index contributed by atoms with van der Waals surface area (Å²) in [6, 6.07) is 10.3. The van der Waals surface area contributed by atoms with E-state index in [9.17, 15) is 0 Å². The van der Waals surface area contributed by atoms with Crippen LogP contribution in [0.15, 0.2) is 36.7 Å². The molecule has 17 heavy (non-hydrogen) atoms. The molecule has 1 aromatic heterocycles. The van der Waals surface area contributed by atoms with E-state index in [0.29, 0.717) is 0 Å². The van der Waals surface area contributed by atoms with E-state index >= 15 is 0 Å². The van der Waals surface area contributed by atoms with Gasteiger partial charge in [0.2, 0.25) is 0 Å². The first-order valence-corrected chi connectivity index (χ1v) is 6.04. The highest BCUT2D eigenvalue weighted by Crippen LogP contribution is 2.07. The van der Waals surface area contributed by atoms with Crippen molar-refractivity contribution in [2.45, 2.75) is 26.8 Å². The molecule has 0 aliphatic heterocycles. The highest BCUT2D eigenvalue weighted by molar-refractivity contribution is 5.42. The molecule has 1 aromatic carbocycles. The minimum Gasteiger partial charge on any atom is -0.385 e. The van der Waals surface area contributed by atoms with E-state index in [0.717, 1.165) is 25.2 Å². The maximum Gasteiger partial charge on any atom is 0.0951 e. The zero-order valence-electron chi connectivity index (χ0n) is 10.5. The molecule has 2 aromatic rings. The van der Waals surface area contributed by atoms with Gasteiger partial charge in [-0.15, -0.1) is 0 Å². The predicted molar refractivity (Wildman–Crippen MR) is 71.2 cm³/mol. The van der Waals surface area contributed by atoms with Crippen molar-refractivity contribution in [3.63, 3.8) is 0 Å². The molecule has 0 amide bonds. The quantitative estimate of drug-likeness (QED) is 0.799. The Labute approximate surface area is 103 Å². The maximum absolute atomic E-state index is 4.30. The van der Waals surface area contributed by atoms with Crippen molar-refractivity contribution in [2.24, 2.45) is 0 Å². The van der Waals surface area contributed by atoms with Crippen LogP contribution in [0.2, 0.25) is 0 Å². The monoisotopic (exact) mass is 229 g/mol. The number of rotatable bonds is 5. The van der Waals surface area contributed by atoms with E-state index in [1.54, 1.807) is 0 Å². The van der Waals surface area contributed by atoms with E-state index in [4.69, 9.17) is 0 Å².